The maximum Gasteiger partial charge on any atom is 0.0559 e. The summed E-state index contributed by atoms with van der Waals surface area (Å²) in [7, 11) is 0. The van der Waals surface area contributed by atoms with Crippen molar-refractivity contribution in [1.82, 2.24) is 5.32 Å². The molecule has 0 amide bonds. The van der Waals surface area contributed by atoms with E-state index in [1.165, 1.54) is 17.5 Å². The molecule has 0 spiro atoms. The minimum absolute atomic E-state index is 0.0476. The molecule has 1 aromatic carbocycles. The highest BCUT2D eigenvalue weighted by atomic mass is 15.0. The molecule has 0 aliphatic carbocycles. The van der Waals surface area contributed by atoms with Crippen molar-refractivity contribution < 1.29 is 0 Å². The summed E-state index contributed by atoms with van der Waals surface area (Å²) < 4.78 is 0. The van der Waals surface area contributed by atoms with Crippen molar-refractivity contribution in [3.63, 3.8) is 0 Å². The molecule has 1 aliphatic heterocycles. The third-order valence-corrected chi connectivity index (χ3v) is 3.16. The van der Waals surface area contributed by atoms with E-state index in [0.29, 0.717) is 6.54 Å². The lowest BCUT2D eigenvalue weighted by molar-refractivity contribution is 0.401. The number of rotatable bonds is 2. The fourth-order valence-corrected chi connectivity index (χ4v) is 2.29. The molecule has 1 saturated heterocycles. The van der Waals surface area contributed by atoms with Gasteiger partial charge in [0.25, 0.3) is 0 Å². The Balaban J connectivity index is 2.35. The minimum atomic E-state index is 0.0476. The summed E-state index contributed by atoms with van der Waals surface area (Å²) in [6, 6.07) is 8.66. The number of nitrogens with two attached hydrogens (primary N) is 1. The monoisotopic (exact) mass is 190 g/mol. The Morgan fingerprint density at radius 2 is 2.36 bits per heavy atom. The molecule has 1 atom stereocenters. The van der Waals surface area contributed by atoms with Gasteiger partial charge >= 0.3 is 0 Å². The van der Waals surface area contributed by atoms with E-state index in [0.717, 1.165) is 13.0 Å². The normalized spacial score (nSPS) is 26.7. The summed E-state index contributed by atoms with van der Waals surface area (Å²) in [4.78, 5) is 0. The third kappa shape index (κ3) is 1.56. The van der Waals surface area contributed by atoms with Crippen molar-refractivity contribution in [1.29, 1.82) is 0 Å². The minimum Gasteiger partial charge on any atom is -0.328 e. The summed E-state index contributed by atoms with van der Waals surface area (Å²) in [5.74, 6) is 0. The Bertz CT molecular complexity index is 314. The molecular formula is C12H18N2. The first-order valence-electron chi connectivity index (χ1n) is 5.29. The molecule has 0 aromatic heterocycles. The van der Waals surface area contributed by atoms with Gasteiger partial charge in [-0.05, 0) is 31.9 Å². The number of hydrogen-bond acceptors (Lipinski definition) is 2. The van der Waals surface area contributed by atoms with Crippen LogP contribution in [0, 0.1) is 6.92 Å². The maximum absolute atomic E-state index is 5.89. The van der Waals surface area contributed by atoms with E-state index in [1.54, 1.807) is 0 Å². The lowest BCUT2D eigenvalue weighted by atomic mass is 9.88. The van der Waals surface area contributed by atoms with Crippen LogP contribution in [0.15, 0.2) is 24.3 Å². The average molecular weight is 190 g/mol. The Morgan fingerprint density at radius 3 is 2.93 bits per heavy atom. The van der Waals surface area contributed by atoms with Gasteiger partial charge < -0.3 is 11.1 Å². The summed E-state index contributed by atoms with van der Waals surface area (Å²) in [6.45, 7) is 3.91. The van der Waals surface area contributed by atoms with Crippen LogP contribution in [0.25, 0.3) is 0 Å². The molecule has 3 N–H and O–H groups in total. The van der Waals surface area contributed by atoms with Crippen LogP contribution in [0.5, 0.6) is 0 Å². The highest BCUT2D eigenvalue weighted by molar-refractivity contribution is 5.30. The molecule has 1 heterocycles. The van der Waals surface area contributed by atoms with Gasteiger partial charge in [0.1, 0.15) is 0 Å². The molecule has 76 valence electrons. The first kappa shape index (κ1) is 9.69. The summed E-state index contributed by atoms with van der Waals surface area (Å²) in [5.41, 5.74) is 8.59. The van der Waals surface area contributed by atoms with Crippen molar-refractivity contribution in [3.05, 3.63) is 35.4 Å². The first-order chi connectivity index (χ1) is 6.77. The highest BCUT2D eigenvalue weighted by Gasteiger charge is 2.33. The molecular weight excluding hydrogens is 172 g/mol. The lowest BCUT2D eigenvalue weighted by Gasteiger charge is -2.28. The Morgan fingerprint density at radius 1 is 1.50 bits per heavy atom. The second-order valence-corrected chi connectivity index (χ2v) is 4.19. The van der Waals surface area contributed by atoms with Gasteiger partial charge in [-0.3, -0.25) is 0 Å². The van der Waals surface area contributed by atoms with Crippen molar-refractivity contribution in [2.75, 3.05) is 13.1 Å². The molecule has 1 unspecified atom stereocenters. The molecule has 0 saturated carbocycles. The van der Waals surface area contributed by atoms with Gasteiger partial charge in [-0.1, -0.05) is 29.8 Å². The van der Waals surface area contributed by atoms with Crippen molar-refractivity contribution in [3.8, 4) is 0 Å². The number of benzene rings is 1. The topological polar surface area (TPSA) is 38.0 Å². The molecule has 1 aliphatic rings. The predicted octanol–water partition coefficient (Wildman–Crippen LogP) is 1.53. The van der Waals surface area contributed by atoms with E-state index in [1.807, 2.05) is 0 Å². The van der Waals surface area contributed by atoms with Gasteiger partial charge in [0.15, 0.2) is 0 Å². The van der Waals surface area contributed by atoms with Gasteiger partial charge in [-0.2, -0.15) is 0 Å². The van der Waals surface area contributed by atoms with Gasteiger partial charge in [0, 0.05) is 6.54 Å². The molecule has 2 nitrogen and oxygen atoms in total. The van der Waals surface area contributed by atoms with Crippen LogP contribution in [-0.4, -0.2) is 13.1 Å². The molecule has 2 heteroatoms. The van der Waals surface area contributed by atoms with Crippen LogP contribution in [-0.2, 0) is 5.54 Å². The second-order valence-electron chi connectivity index (χ2n) is 4.19. The standard InChI is InChI=1S/C12H18N2/c1-10-4-2-5-11(8-10)12(9-13)6-3-7-14-12/h2,4-5,8,14H,3,6-7,9,13H2,1H3. The first-order valence-corrected chi connectivity index (χ1v) is 5.29. The number of hydrogen-bond donors (Lipinski definition) is 2. The van der Waals surface area contributed by atoms with E-state index in [4.69, 9.17) is 5.73 Å². The van der Waals surface area contributed by atoms with Crippen LogP contribution >= 0.6 is 0 Å². The molecule has 0 bridgehead atoms. The lowest BCUT2D eigenvalue weighted by Crippen LogP contribution is -2.43. The fourth-order valence-electron chi connectivity index (χ4n) is 2.29. The Labute approximate surface area is 85.5 Å². The maximum atomic E-state index is 5.89. The van der Waals surface area contributed by atoms with Crippen LogP contribution in [0.4, 0.5) is 0 Å². The van der Waals surface area contributed by atoms with Gasteiger partial charge in [0.05, 0.1) is 5.54 Å². The van der Waals surface area contributed by atoms with Crippen LogP contribution in [0.2, 0.25) is 0 Å². The van der Waals surface area contributed by atoms with E-state index in [2.05, 4.69) is 36.5 Å². The van der Waals surface area contributed by atoms with Crippen LogP contribution in [0.1, 0.15) is 24.0 Å². The number of nitrogens with one attached hydrogen (secondary N) is 1. The van der Waals surface area contributed by atoms with Gasteiger partial charge in [-0.15, -0.1) is 0 Å². The smallest absolute Gasteiger partial charge is 0.0559 e. The van der Waals surface area contributed by atoms with E-state index >= 15 is 0 Å². The SMILES string of the molecule is Cc1cccc(C2(CN)CCCN2)c1. The summed E-state index contributed by atoms with van der Waals surface area (Å²) in [5, 5.41) is 3.54. The second kappa shape index (κ2) is 3.71. The molecule has 2 rings (SSSR count). The average Bonchev–Trinajstić information content (AvgIpc) is 2.67. The Hall–Kier alpha value is -0.860. The Kier molecular flexibility index (Phi) is 2.57. The van der Waals surface area contributed by atoms with Gasteiger partial charge in [-0.25, -0.2) is 0 Å². The third-order valence-electron chi connectivity index (χ3n) is 3.16. The fraction of sp³-hybridized carbons (Fsp3) is 0.500. The van der Waals surface area contributed by atoms with Crippen molar-refractivity contribution in [2.24, 2.45) is 5.73 Å². The molecule has 1 aromatic rings. The van der Waals surface area contributed by atoms with E-state index in [9.17, 15) is 0 Å². The van der Waals surface area contributed by atoms with Crippen molar-refractivity contribution >= 4 is 0 Å². The van der Waals surface area contributed by atoms with Crippen LogP contribution < -0.4 is 11.1 Å². The van der Waals surface area contributed by atoms with Crippen LogP contribution in [0.3, 0.4) is 0 Å². The molecule has 14 heavy (non-hydrogen) atoms. The zero-order chi connectivity index (χ0) is 10.0. The summed E-state index contributed by atoms with van der Waals surface area (Å²) >= 11 is 0. The number of aryl methyl sites for hydroxylation is 1. The zero-order valence-corrected chi connectivity index (χ0v) is 8.72. The van der Waals surface area contributed by atoms with Gasteiger partial charge in [0.2, 0.25) is 0 Å². The quantitative estimate of drug-likeness (QED) is 0.742. The van der Waals surface area contributed by atoms with E-state index in [-0.39, 0.29) is 5.54 Å². The summed E-state index contributed by atoms with van der Waals surface area (Å²) in [6.07, 6.45) is 2.39. The predicted molar refractivity (Wildman–Crippen MR) is 59.1 cm³/mol. The van der Waals surface area contributed by atoms with Crippen molar-refractivity contribution in [2.45, 2.75) is 25.3 Å². The molecule has 1 fully saturated rings. The largest absolute Gasteiger partial charge is 0.328 e. The zero-order valence-electron chi connectivity index (χ0n) is 8.72. The highest BCUT2D eigenvalue weighted by Crippen LogP contribution is 2.30. The molecule has 0 radical (unpaired) electrons. The van der Waals surface area contributed by atoms with E-state index < -0.39 is 0 Å².